The molecular weight excluding hydrogens is 224 g/mol. The van der Waals surface area contributed by atoms with Crippen LogP contribution in [0.25, 0.3) is 0 Å². The Morgan fingerprint density at radius 2 is 1.83 bits per heavy atom. The lowest BCUT2D eigenvalue weighted by Crippen LogP contribution is -2.19. The highest BCUT2D eigenvalue weighted by atomic mass is 16.3. The van der Waals surface area contributed by atoms with Crippen molar-refractivity contribution in [1.29, 1.82) is 0 Å². The molecule has 2 aliphatic carbocycles. The Morgan fingerprint density at radius 3 is 2.44 bits per heavy atom. The summed E-state index contributed by atoms with van der Waals surface area (Å²) >= 11 is 0. The number of carbonyl (C=O) groups is 1. The van der Waals surface area contributed by atoms with Gasteiger partial charge in [-0.25, -0.2) is 0 Å². The summed E-state index contributed by atoms with van der Waals surface area (Å²) in [5, 5.41) is 10.6. The smallest absolute Gasteiger partial charge is 0.155 e. The van der Waals surface area contributed by atoms with Crippen molar-refractivity contribution in [3.8, 4) is 0 Å². The SMILES string of the molecule is O=C1C=C(C2([C@@H](O)c3ccccc3)CC2)CCC1. The molecule has 0 aliphatic heterocycles. The highest BCUT2D eigenvalue weighted by Gasteiger charge is 2.52. The molecule has 2 heteroatoms. The van der Waals surface area contributed by atoms with E-state index in [1.807, 2.05) is 30.3 Å². The average Bonchev–Trinajstić information content (AvgIpc) is 3.20. The van der Waals surface area contributed by atoms with Crippen molar-refractivity contribution in [1.82, 2.24) is 0 Å². The Labute approximate surface area is 107 Å². The third-order valence-corrected chi connectivity index (χ3v) is 4.27. The second kappa shape index (κ2) is 4.36. The third-order valence-electron chi connectivity index (χ3n) is 4.27. The van der Waals surface area contributed by atoms with E-state index in [1.54, 1.807) is 6.08 Å². The van der Waals surface area contributed by atoms with Gasteiger partial charge in [0.2, 0.25) is 0 Å². The lowest BCUT2D eigenvalue weighted by molar-refractivity contribution is -0.115. The summed E-state index contributed by atoms with van der Waals surface area (Å²) in [6.07, 6.45) is 5.91. The van der Waals surface area contributed by atoms with E-state index in [0.29, 0.717) is 6.42 Å². The summed E-state index contributed by atoms with van der Waals surface area (Å²) in [6, 6.07) is 9.80. The van der Waals surface area contributed by atoms with Crippen LogP contribution in [0.2, 0.25) is 0 Å². The number of hydrogen-bond donors (Lipinski definition) is 1. The highest BCUT2D eigenvalue weighted by molar-refractivity contribution is 5.91. The number of aliphatic hydroxyl groups excluding tert-OH is 1. The molecule has 1 aromatic rings. The predicted molar refractivity (Wildman–Crippen MR) is 70.0 cm³/mol. The molecule has 0 saturated heterocycles. The van der Waals surface area contributed by atoms with Gasteiger partial charge in [0.05, 0.1) is 6.10 Å². The Kier molecular flexibility index (Phi) is 2.83. The van der Waals surface area contributed by atoms with Gasteiger partial charge in [-0.2, -0.15) is 0 Å². The Bertz CT molecular complexity index is 483. The van der Waals surface area contributed by atoms with Crippen molar-refractivity contribution in [2.45, 2.75) is 38.2 Å². The largest absolute Gasteiger partial charge is 0.387 e. The molecule has 2 aliphatic rings. The molecule has 1 saturated carbocycles. The molecule has 0 heterocycles. The maximum absolute atomic E-state index is 11.5. The zero-order chi connectivity index (χ0) is 12.6. The van der Waals surface area contributed by atoms with Gasteiger partial charge in [0.25, 0.3) is 0 Å². The third kappa shape index (κ3) is 1.91. The average molecular weight is 242 g/mol. The van der Waals surface area contributed by atoms with Gasteiger partial charge in [-0.05, 0) is 37.3 Å². The van der Waals surface area contributed by atoms with Crippen LogP contribution in [0, 0.1) is 5.41 Å². The van der Waals surface area contributed by atoms with E-state index in [4.69, 9.17) is 0 Å². The molecule has 1 fully saturated rings. The van der Waals surface area contributed by atoms with Crippen LogP contribution in [-0.4, -0.2) is 10.9 Å². The number of hydrogen-bond acceptors (Lipinski definition) is 2. The van der Waals surface area contributed by atoms with E-state index in [1.165, 1.54) is 5.57 Å². The van der Waals surface area contributed by atoms with E-state index < -0.39 is 6.10 Å². The van der Waals surface area contributed by atoms with Crippen LogP contribution >= 0.6 is 0 Å². The number of rotatable bonds is 3. The fraction of sp³-hybridized carbons (Fsp3) is 0.438. The molecule has 1 atom stereocenters. The second-order valence-corrected chi connectivity index (χ2v) is 5.46. The first-order valence-electron chi connectivity index (χ1n) is 6.69. The van der Waals surface area contributed by atoms with Gasteiger partial charge in [0.15, 0.2) is 5.78 Å². The summed E-state index contributed by atoms with van der Waals surface area (Å²) in [5.41, 5.74) is 2.00. The molecule has 94 valence electrons. The Balaban J connectivity index is 1.89. The van der Waals surface area contributed by atoms with Crippen LogP contribution in [0.5, 0.6) is 0 Å². The number of ketones is 1. The molecule has 1 N–H and O–H groups in total. The first-order chi connectivity index (χ1) is 8.72. The van der Waals surface area contributed by atoms with E-state index in [-0.39, 0.29) is 11.2 Å². The van der Waals surface area contributed by atoms with Crippen molar-refractivity contribution in [2.75, 3.05) is 0 Å². The summed E-state index contributed by atoms with van der Waals surface area (Å²) < 4.78 is 0. The minimum absolute atomic E-state index is 0.141. The standard InChI is InChI=1S/C16H18O2/c17-14-8-4-7-13(11-14)16(9-10-16)15(18)12-5-2-1-3-6-12/h1-3,5-6,11,15,18H,4,7-10H2/t15-/m0/s1. The zero-order valence-electron chi connectivity index (χ0n) is 10.4. The molecule has 0 amide bonds. The van der Waals surface area contributed by atoms with Crippen molar-refractivity contribution >= 4 is 5.78 Å². The molecule has 0 spiro atoms. The van der Waals surface area contributed by atoms with Gasteiger partial charge >= 0.3 is 0 Å². The lowest BCUT2D eigenvalue weighted by Gasteiger charge is -2.27. The maximum Gasteiger partial charge on any atom is 0.155 e. The van der Waals surface area contributed by atoms with Crippen LogP contribution in [0.3, 0.4) is 0 Å². The predicted octanol–water partition coefficient (Wildman–Crippen LogP) is 3.18. The maximum atomic E-state index is 11.5. The molecule has 0 unspecified atom stereocenters. The van der Waals surface area contributed by atoms with E-state index in [9.17, 15) is 9.90 Å². The van der Waals surface area contributed by atoms with Gasteiger partial charge < -0.3 is 5.11 Å². The molecular formula is C16H18O2. The number of aliphatic hydroxyl groups is 1. The molecule has 0 aromatic heterocycles. The van der Waals surface area contributed by atoms with E-state index in [0.717, 1.165) is 31.2 Å². The molecule has 3 rings (SSSR count). The lowest BCUT2D eigenvalue weighted by atomic mass is 9.80. The summed E-state index contributed by atoms with van der Waals surface area (Å²) in [6.45, 7) is 0. The quantitative estimate of drug-likeness (QED) is 0.884. The van der Waals surface area contributed by atoms with Gasteiger partial charge in [-0.1, -0.05) is 35.9 Å². The van der Waals surface area contributed by atoms with Crippen LogP contribution in [0.1, 0.15) is 43.8 Å². The summed E-state index contributed by atoms with van der Waals surface area (Å²) in [4.78, 5) is 11.5. The number of carbonyl (C=O) groups excluding carboxylic acids is 1. The van der Waals surface area contributed by atoms with E-state index >= 15 is 0 Å². The summed E-state index contributed by atoms with van der Waals surface area (Å²) in [7, 11) is 0. The molecule has 0 bridgehead atoms. The van der Waals surface area contributed by atoms with Gasteiger partial charge in [0.1, 0.15) is 0 Å². The fourth-order valence-corrected chi connectivity index (χ4v) is 3.04. The summed E-state index contributed by atoms with van der Waals surface area (Å²) in [5.74, 6) is 0.225. The Morgan fingerprint density at radius 1 is 1.11 bits per heavy atom. The van der Waals surface area contributed by atoms with E-state index in [2.05, 4.69) is 0 Å². The Hall–Kier alpha value is -1.41. The van der Waals surface area contributed by atoms with Gasteiger partial charge in [-0.3, -0.25) is 4.79 Å². The van der Waals surface area contributed by atoms with Crippen LogP contribution in [-0.2, 0) is 4.79 Å². The van der Waals surface area contributed by atoms with Crippen LogP contribution in [0.4, 0.5) is 0 Å². The van der Waals surface area contributed by atoms with Gasteiger partial charge in [-0.15, -0.1) is 0 Å². The first kappa shape index (κ1) is 11.7. The zero-order valence-corrected chi connectivity index (χ0v) is 10.4. The molecule has 2 nitrogen and oxygen atoms in total. The highest BCUT2D eigenvalue weighted by Crippen LogP contribution is 2.61. The normalized spacial score (nSPS) is 23.4. The molecule has 1 aromatic carbocycles. The minimum atomic E-state index is -0.462. The monoisotopic (exact) mass is 242 g/mol. The number of benzene rings is 1. The second-order valence-electron chi connectivity index (χ2n) is 5.46. The van der Waals surface area contributed by atoms with Crippen molar-refractivity contribution in [2.24, 2.45) is 5.41 Å². The van der Waals surface area contributed by atoms with Crippen molar-refractivity contribution in [3.63, 3.8) is 0 Å². The van der Waals surface area contributed by atoms with Crippen molar-refractivity contribution in [3.05, 3.63) is 47.5 Å². The topological polar surface area (TPSA) is 37.3 Å². The van der Waals surface area contributed by atoms with Crippen LogP contribution in [0.15, 0.2) is 42.0 Å². The van der Waals surface area contributed by atoms with Gasteiger partial charge in [0, 0.05) is 11.8 Å². The van der Waals surface area contributed by atoms with Crippen LogP contribution < -0.4 is 0 Å². The first-order valence-corrected chi connectivity index (χ1v) is 6.69. The number of allylic oxidation sites excluding steroid dienone is 1. The molecule has 18 heavy (non-hydrogen) atoms. The molecule has 0 radical (unpaired) electrons. The minimum Gasteiger partial charge on any atom is -0.387 e. The fourth-order valence-electron chi connectivity index (χ4n) is 3.04. The van der Waals surface area contributed by atoms with Crippen molar-refractivity contribution < 1.29 is 9.90 Å².